The molecule has 0 spiro atoms. The normalized spacial score (nSPS) is 13.7. The van der Waals surface area contributed by atoms with E-state index in [0.29, 0.717) is 17.8 Å². The van der Waals surface area contributed by atoms with Crippen LogP contribution in [0.3, 0.4) is 0 Å². The van der Waals surface area contributed by atoms with Crippen LogP contribution in [0, 0.1) is 6.92 Å². The zero-order valence-corrected chi connectivity index (χ0v) is 15.1. The van der Waals surface area contributed by atoms with Gasteiger partial charge in [0.15, 0.2) is 0 Å². The van der Waals surface area contributed by atoms with Crippen molar-refractivity contribution in [2.75, 3.05) is 25.0 Å². The largest absolute Gasteiger partial charge is 0.339 e. The predicted octanol–water partition coefficient (Wildman–Crippen LogP) is 2.64. The third kappa shape index (κ3) is 4.41. The Hall–Kier alpha value is -2.83. The molecule has 1 fully saturated rings. The minimum Gasteiger partial charge on any atom is -0.339 e. The van der Waals surface area contributed by atoms with Crippen LogP contribution in [0.5, 0.6) is 0 Å². The molecule has 7 nitrogen and oxygen atoms in total. The van der Waals surface area contributed by atoms with Gasteiger partial charge in [0.05, 0.1) is 17.6 Å². The van der Waals surface area contributed by atoms with Gasteiger partial charge in [-0.2, -0.15) is 0 Å². The molecular weight excluding hydrogens is 330 g/mol. The Morgan fingerprint density at radius 3 is 2.77 bits per heavy atom. The molecule has 3 rings (SSSR count). The average molecular weight is 355 g/mol. The molecule has 0 radical (unpaired) electrons. The number of nitrogens with one attached hydrogen (secondary N) is 2. The van der Waals surface area contributed by atoms with Gasteiger partial charge in [-0.1, -0.05) is 12.1 Å². The number of imidazole rings is 1. The molecule has 0 unspecified atom stereocenters. The van der Waals surface area contributed by atoms with Crippen molar-refractivity contribution < 1.29 is 9.59 Å². The van der Waals surface area contributed by atoms with Gasteiger partial charge in [-0.3, -0.25) is 4.79 Å². The van der Waals surface area contributed by atoms with Crippen molar-refractivity contribution in [3.05, 3.63) is 48.0 Å². The molecule has 0 aliphatic carbocycles. The Morgan fingerprint density at radius 1 is 1.23 bits per heavy atom. The lowest BCUT2D eigenvalue weighted by Crippen LogP contribution is -2.33. The van der Waals surface area contributed by atoms with Crippen LogP contribution in [0.15, 0.2) is 36.9 Å². The number of hydrogen-bond donors (Lipinski definition) is 2. The number of nitrogens with zero attached hydrogens (tertiary/aromatic N) is 3. The van der Waals surface area contributed by atoms with Crippen molar-refractivity contribution in [2.45, 2.75) is 32.7 Å². The number of para-hydroxylation sites is 1. The van der Waals surface area contributed by atoms with Crippen LogP contribution in [0.1, 0.15) is 35.2 Å². The third-order valence-electron chi connectivity index (χ3n) is 4.57. The molecule has 1 aliphatic rings. The van der Waals surface area contributed by atoms with E-state index in [4.69, 9.17) is 0 Å². The number of amides is 3. The number of likely N-dealkylation sites (tertiary alicyclic amines) is 1. The van der Waals surface area contributed by atoms with E-state index in [1.165, 1.54) is 0 Å². The number of hydrogen-bond acceptors (Lipinski definition) is 3. The van der Waals surface area contributed by atoms with Crippen LogP contribution in [0.4, 0.5) is 10.5 Å². The molecule has 26 heavy (non-hydrogen) atoms. The first-order valence-electron chi connectivity index (χ1n) is 9.04. The molecule has 1 aromatic heterocycles. The summed E-state index contributed by atoms with van der Waals surface area (Å²) in [6, 6.07) is 5.24. The van der Waals surface area contributed by atoms with Gasteiger partial charge in [0.2, 0.25) is 0 Å². The standard InChI is InChI=1S/C19H25N5O2/c1-15-6-4-7-16(18(25)24-11-2-3-12-24)17(15)22-19(26)21-8-5-10-23-13-9-20-14-23/h4,6-7,9,13-14H,2-3,5,8,10-12H2,1H3,(H2,21,22,26). The van der Waals surface area contributed by atoms with Gasteiger partial charge in [0.25, 0.3) is 5.91 Å². The van der Waals surface area contributed by atoms with Crippen LogP contribution in [-0.4, -0.2) is 46.0 Å². The second-order valence-electron chi connectivity index (χ2n) is 6.53. The van der Waals surface area contributed by atoms with E-state index in [0.717, 1.165) is 44.5 Å². The number of carbonyl (C=O) groups excluding carboxylic acids is 2. The molecule has 7 heteroatoms. The van der Waals surface area contributed by atoms with Crippen LogP contribution in [-0.2, 0) is 6.54 Å². The Balaban J connectivity index is 1.57. The molecule has 138 valence electrons. The zero-order chi connectivity index (χ0) is 18.4. The summed E-state index contributed by atoms with van der Waals surface area (Å²) in [5.41, 5.74) is 2.03. The maximum atomic E-state index is 12.7. The van der Waals surface area contributed by atoms with Crippen molar-refractivity contribution >= 4 is 17.6 Å². The van der Waals surface area contributed by atoms with E-state index >= 15 is 0 Å². The van der Waals surface area contributed by atoms with Gasteiger partial charge in [0, 0.05) is 38.6 Å². The highest BCUT2D eigenvalue weighted by Crippen LogP contribution is 2.23. The monoisotopic (exact) mass is 355 g/mol. The van der Waals surface area contributed by atoms with Gasteiger partial charge in [-0.05, 0) is 37.8 Å². The fraction of sp³-hybridized carbons (Fsp3) is 0.421. The summed E-state index contributed by atoms with van der Waals surface area (Å²) >= 11 is 0. The van der Waals surface area contributed by atoms with Crippen molar-refractivity contribution in [3.8, 4) is 0 Å². The number of carbonyl (C=O) groups is 2. The zero-order valence-electron chi connectivity index (χ0n) is 15.1. The minimum absolute atomic E-state index is 0.0124. The van der Waals surface area contributed by atoms with E-state index in [2.05, 4.69) is 15.6 Å². The highest BCUT2D eigenvalue weighted by Gasteiger charge is 2.23. The summed E-state index contributed by atoms with van der Waals surface area (Å²) in [5.74, 6) is -0.0124. The maximum Gasteiger partial charge on any atom is 0.319 e. The molecule has 0 atom stereocenters. The molecule has 2 aromatic rings. The Labute approximate surface area is 153 Å². The van der Waals surface area contributed by atoms with Crippen LogP contribution in [0.2, 0.25) is 0 Å². The Bertz CT molecular complexity index is 751. The SMILES string of the molecule is Cc1cccc(C(=O)N2CCCC2)c1NC(=O)NCCCn1ccnc1. The summed E-state index contributed by atoms with van der Waals surface area (Å²) < 4.78 is 1.97. The average Bonchev–Trinajstić information content (AvgIpc) is 3.33. The number of urea groups is 1. The first-order valence-corrected chi connectivity index (χ1v) is 9.04. The number of benzene rings is 1. The highest BCUT2D eigenvalue weighted by atomic mass is 16.2. The van der Waals surface area contributed by atoms with Gasteiger partial charge < -0.3 is 20.1 Å². The van der Waals surface area contributed by atoms with Crippen molar-refractivity contribution in [2.24, 2.45) is 0 Å². The molecular formula is C19H25N5O2. The lowest BCUT2D eigenvalue weighted by Gasteiger charge is -2.19. The fourth-order valence-electron chi connectivity index (χ4n) is 3.14. The number of aryl methyl sites for hydroxylation is 2. The van der Waals surface area contributed by atoms with Crippen LogP contribution in [0.25, 0.3) is 0 Å². The summed E-state index contributed by atoms with van der Waals surface area (Å²) in [6.45, 7) is 4.81. The van der Waals surface area contributed by atoms with Gasteiger partial charge in [-0.25, -0.2) is 9.78 Å². The van der Waals surface area contributed by atoms with E-state index in [1.807, 2.05) is 34.7 Å². The van der Waals surface area contributed by atoms with Crippen LogP contribution >= 0.6 is 0 Å². The molecule has 1 aliphatic heterocycles. The number of aromatic nitrogens is 2. The van der Waals surface area contributed by atoms with Crippen LogP contribution < -0.4 is 10.6 Å². The molecule has 0 saturated carbocycles. The molecule has 1 saturated heterocycles. The minimum atomic E-state index is -0.291. The predicted molar refractivity (Wildman–Crippen MR) is 100 cm³/mol. The summed E-state index contributed by atoms with van der Waals surface area (Å²) in [4.78, 5) is 30.8. The quantitative estimate of drug-likeness (QED) is 0.782. The molecule has 0 bridgehead atoms. The smallest absolute Gasteiger partial charge is 0.319 e. The lowest BCUT2D eigenvalue weighted by molar-refractivity contribution is 0.0794. The number of anilines is 1. The van der Waals surface area contributed by atoms with E-state index < -0.39 is 0 Å². The van der Waals surface area contributed by atoms with E-state index in [1.54, 1.807) is 18.6 Å². The second-order valence-corrected chi connectivity index (χ2v) is 6.53. The van der Waals surface area contributed by atoms with Gasteiger partial charge >= 0.3 is 6.03 Å². The topological polar surface area (TPSA) is 79.3 Å². The Kier molecular flexibility index (Phi) is 5.88. The van der Waals surface area contributed by atoms with E-state index in [-0.39, 0.29) is 11.9 Å². The van der Waals surface area contributed by atoms with Gasteiger partial charge in [0.1, 0.15) is 0 Å². The molecule has 2 N–H and O–H groups in total. The first-order chi connectivity index (χ1) is 12.6. The highest BCUT2D eigenvalue weighted by molar-refractivity contribution is 6.04. The van der Waals surface area contributed by atoms with Gasteiger partial charge in [-0.15, -0.1) is 0 Å². The third-order valence-corrected chi connectivity index (χ3v) is 4.57. The molecule has 1 aromatic carbocycles. The lowest BCUT2D eigenvalue weighted by atomic mass is 10.1. The fourth-order valence-corrected chi connectivity index (χ4v) is 3.14. The molecule has 2 heterocycles. The first kappa shape index (κ1) is 18.0. The maximum absolute atomic E-state index is 12.7. The summed E-state index contributed by atoms with van der Waals surface area (Å²) in [5, 5.41) is 5.71. The number of rotatable bonds is 6. The van der Waals surface area contributed by atoms with E-state index in [9.17, 15) is 9.59 Å². The molecule has 3 amide bonds. The van der Waals surface area contributed by atoms with Crippen molar-refractivity contribution in [3.63, 3.8) is 0 Å². The summed E-state index contributed by atoms with van der Waals surface area (Å²) in [7, 11) is 0. The van der Waals surface area contributed by atoms with Crippen molar-refractivity contribution in [1.29, 1.82) is 0 Å². The van der Waals surface area contributed by atoms with Crippen molar-refractivity contribution in [1.82, 2.24) is 19.8 Å². The second kappa shape index (κ2) is 8.51. The summed E-state index contributed by atoms with van der Waals surface area (Å²) in [6.07, 6.45) is 8.26. The Morgan fingerprint density at radius 2 is 2.04 bits per heavy atom.